The summed E-state index contributed by atoms with van der Waals surface area (Å²) in [5.41, 5.74) is 0.0229. The standard InChI is InChI=1S/C12H17ClO2/c1-12(14,7-4-8-15-2)10-5-3-6-11(13)9-10/h3,5-6,9,14H,4,7-8H2,1-2H3. The number of aliphatic hydroxyl groups is 1. The molecule has 0 heterocycles. The Labute approximate surface area is 95.8 Å². The van der Waals surface area contributed by atoms with Gasteiger partial charge in [0.2, 0.25) is 0 Å². The smallest absolute Gasteiger partial charge is 0.0869 e. The molecule has 0 aliphatic heterocycles. The van der Waals surface area contributed by atoms with Crippen molar-refractivity contribution >= 4 is 11.6 Å². The fourth-order valence-corrected chi connectivity index (χ4v) is 1.72. The van der Waals surface area contributed by atoms with Crippen LogP contribution in [0.3, 0.4) is 0 Å². The number of halogens is 1. The lowest BCUT2D eigenvalue weighted by Gasteiger charge is -2.23. The van der Waals surface area contributed by atoms with Crippen LogP contribution in [0.5, 0.6) is 0 Å². The molecule has 1 unspecified atom stereocenters. The minimum Gasteiger partial charge on any atom is -0.385 e. The van der Waals surface area contributed by atoms with Crippen LogP contribution < -0.4 is 0 Å². The van der Waals surface area contributed by atoms with Gasteiger partial charge in [-0.05, 0) is 37.5 Å². The third kappa shape index (κ3) is 3.82. The lowest BCUT2D eigenvalue weighted by molar-refractivity contribution is 0.0373. The molecule has 0 aliphatic carbocycles. The molecule has 84 valence electrons. The van der Waals surface area contributed by atoms with Crippen LogP contribution in [-0.2, 0) is 10.3 Å². The van der Waals surface area contributed by atoms with Crippen molar-refractivity contribution in [1.82, 2.24) is 0 Å². The summed E-state index contributed by atoms with van der Waals surface area (Å²) in [6.45, 7) is 2.46. The number of methoxy groups -OCH3 is 1. The summed E-state index contributed by atoms with van der Waals surface area (Å²) < 4.78 is 4.96. The van der Waals surface area contributed by atoms with Gasteiger partial charge in [0.1, 0.15) is 0 Å². The maximum atomic E-state index is 10.2. The van der Waals surface area contributed by atoms with E-state index >= 15 is 0 Å². The Balaban J connectivity index is 2.67. The lowest BCUT2D eigenvalue weighted by Crippen LogP contribution is -2.21. The van der Waals surface area contributed by atoms with Gasteiger partial charge in [0.15, 0.2) is 0 Å². The van der Waals surface area contributed by atoms with Crippen LogP contribution in [0.4, 0.5) is 0 Å². The van der Waals surface area contributed by atoms with Gasteiger partial charge in [-0.25, -0.2) is 0 Å². The summed E-state index contributed by atoms with van der Waals surface area (Å²) in [5.74, 6) is 0. The molecule has 1 N–H and O–H groups in total. The molecule has 1 rings (SSSR count). The predicted octanol–water partition coefficient (Wildman–Crippen LogP) is 2.97. The number of hydrogen-bond acceptors (Lipinski definition) is 2. The van der Waals surface area contributed by atoms with Crippen molar-refractivity contribution < 1.29 is 9.84 Å². The van der Waals surface area contributed by atoms with E-state index < -0.39 is 5.60 Å². The van der Waals surface area contributed by atoms with Crippen molar-refractivity contribution in [3.63, 3.8) is 0 Å². The molecule has 0 bridgehead atoms. The van der Waals surface area contributed by atoms with E-state index in [1.54, 1.807) is 26.2 Å². The molecule has 0 radical (unpaired) electrons. The van der Waals surface area contributed by atoms with Crippen molar-refractivity contribution in [3.05, 3.63) is 34.9 Å². The van der Waals surface area contributed by atoms with Crippen molar-refractivity contribution in [2.24, 2.45) is 0 Å². The summed E-state index contributed by atoms with van der Waals surface area (Å²) in [6.07, 6.45) is 1.50. The van der Waals surface area contributed by atoms with Crippen LogP contribution in [-0.4, -0.2) is 18.8 Å². The molecule has 0 aromatic heterocycles. The fraction of sp³-hybridized carbons (Fsp3) is 0.500. The van der Waals surface area contributed by atoms with Crippen LogP contribution in [0.15, 0.2) is 24.3 Å². The SMILES string of the molecule is COCCCC(C)(O)c1cccc(Cl)c1. The Bertz CT molecular complexity index is 310. The normalized spacial score (nSPS) is 14.9. The highest BCUT2D eigenvalue weighted by Gasteiger charge is 2.22. The third-order valence-electron chi connectivity index (χ3n) is 2.46. The molecule has 0 amide bonds. The molecule has 0 spiro atoms. The van der Waals surface area contributed by atoms with E-state index in [0.717, 1.165) is 12.0 Å². The highest BCUT2D eigenvalue weighted by atomic mass is 35.5. The van der Waals surface area contributed by atoms with Gasteiger partial charge in [-0.1, -0.05) is 23.7 Å². The molecular formula is C12H17ClO2. The van der Waals surface area contributed by atoms with Crippen molar-refractivity contribution in [2.75, 3.05) is 13.7 Å². The Hall–Kier alpha value is -0.570. The minimum absolute atomic E-state index is 0.652. The maximum absolute atomic E-state index is 10.2. The molecule has 1 atom stereocenters. The van der Waals surface area contributed by atoms with Gasteiger partial charge in [-0.15, -0.1) is 0 Å². The number of hydrogen-bond donors (Lipinski definition) is 1. The Morgan fingerprint density at radius 3 is 2.80 bits per heavy atom. The highest BCUT2D eigenvalue weighted by molar-refractivity contribution is 6.30. The zero-order valence-electron chi connectivity index (χ0n) is 9.16. The van der Waals surface area contributed by atoms with E-state index in [1.165, 1.54) is 0 Å². The van der Waals surface area contributed by atoms with E-state index in [9.17, 15) is 5.11 Å². The first-order valence-corrected chi connectivity index (χ1v) is 5.41. The summed E-state index contributed by atoms with van der Waals surface area (Å²) in [4.78, 5) is 0. The topological polar surface area (TPSA) is 29.5 Å². The fourth-order valence-electron chi connectivity index (χ4n) is 1.53. The molecule has 0 aliphatic rings. The first-order chi connectivity index (χ1) is 7.06. The van der Waals surface area contributed by atoms with Crippen LogP contribution in [0.1, 0.15) is 25.3 Å². The van der Waals surface area contributed by atoms with E-state index in [0.29, 0.717) is 18.1 Å². The Morgan fingerprint density at radius 2 is 2.20 bits per heavy atom. The van der Waals surface area contributed by atoms with Crippen molar-refractivity contribution in [3.8, 4) is 0 Å². The number of ether oxygens (including phenoxy) is 1. The van der Waals surface area contributed by atoms with Gasteiger partial charge in [-0.3, -0.25) is 0 Å². The first-order valence-electron chi connectivity index (χ1n) is 5.03. The van der Waals surface area contributed by atoms with Crippen molar-refractivity contribution in [2.45, 2.75) is 25.4 Å². The summed E-state index contributed by atoms with van der Waals surface area (Å²) >= 11 is 5.88. The Kier molecular flexibility index (Phi) is 4.58. The average molecular weight is 229 g/mol. The number of benzene rings is 1. The summed E-state index contributed by atoms with van der Waals surface area (Å²) in [7, 11) is 1.66. The largest absolute Gasteiger partial charge is 0.385 e. The zero-order valence-corrected chi connectivity index (χ0v) is 9.92. The van der Waals surface area contributed by atoms with Crippen LogP contribution >= 0.6 is 11.6 Å². The van der Waals surface area contributed by atoms with E-state index in [-0.39, 0.29) is 0 Å². The summed E-state index contributed by atoms with van der Waals surface area (Å²) in [5, 5.41) is 10.9. The molecule has 15 heavy (non-hydrogen) atoms. The molecule has 1 aromatic rings. The van der Waals surface area contributed by atoms with Crippen LogP contribution in [0.2, 0.25) is 5.02 Å². The van der Waals surface area contributed by atoms with E-state index in [1.807, 2.05) is 12.1 Å². The second-order valence-corrected chi connectivity index (χ2v) is 4.32. The molecular weight excluding hydrogens is 212 g/mol. The van der Waals surface area contributed by atoms with Crippen LogP contribution in [0, 0.1) is 0 Å². The molecule has 0 fully saturated rings. The van der Waals surface area contributed by atoms with Gasteiger partial charge in [0.05, 0.1) is 5.60 Å². The number of rotatable bonds is 5. The minimum atomic E-state index is -0.830. The highest BCUT2D eigenvalue weighted by Crippen LogP contribution is 2.27. The maximum Gasteiger partial charge on any atom is 0.0869 e. The second kappa shape index (κ2) is 5.50. The predicted molar refractivity (Wildman–Crippen MR) is 62.1 cm³/mol. The van der Waals surface area contributed by atoms with Gasteiger partial charge in [-0.2, -0.15) is 0 Å². The molecule has 0 saturated carbocycles. The van der Waals surface area contributed by atoms with Crippen LogP contribution in [0.25, 0.3) is 0 Å². The Morgan fingerprint density at radius 1 is 1.47 bits per heavy atom. The summed E-state index contributed by atoms with van der Waals surface area (Å²) in [6, 6.07) is 7.34. The monoisotopic (exact) mass is 228 g/mol. The molecule has 3 heteroatoms. The quantitative estimate of drug-likeness (QED) is 0.786. The third-order valence-corrected chi connectivity index (χ3v) is 2.69. The first kappa shape index (κ1) is 12.5. The molecule has 1 aromatic carbocycles. The second-order valence-electron chi connectivity index (χ2n) is 3.88. The lowest BCUT2D eigenvalue weighted by atomic mass is 9.91. The van der Waals surface area contributed by atoms with Crippen molar-refractivity contribution in [1.29, 1.82) is 0 Å². The molecule has 0 saturated heterocycles. The average Bonchev–Trinajstić information content (AvgIpc) is 2.18. The van der Waals surface area contributed by atoms with Gasteiger partial charge < -0.3 is 9.84 Å². The van der Waals surface area contributed by atoms with E-state index in [4.69, 9.17) is 16.3 Å². The van der Waals surface area contributed by atoms with Gasteiger partial charge in [0.25, 0.3) is 0 Å². The van der Waals surface area contributed by atoms with E-state index in [2.05, 4.69) is 0 Å². The zero-order chi connectivity index (χ0) is 11.3. The molecule has 2 nitrogen and oxygen atoms in total. The van der Waals surface area contributed by atoms with Gasteiger partial charge >= 0.3 is 0 Å². The van der Waals surface area contributed by atoms with Gasteiger partial charge in [0, 0.05) is 18.7 Å².